The number of esters is 3. The Balaban J connectivity index is 0.000000297. The number of thioether (sulfide) groups is 1. The molecule has 56 heavy (non-hydrogen) atoms. The van der Waals surface area contributed by atoms with Gasteiger partial charge in [0.05, 0.1) is 13.2 Å². The summed E-state index contributed by atoms with van der Waals surface area (Å²) in [6.07, 6.45) is -11.5. The summed E-state index contributed by atoms with van der Waals surface area (Å²) in [7, 11) is 0. The molecule has 2 aliphatic rings. The fourth-order valence-corrected chi connectivity index (χ4v) is 6.76. The number of hydrogen-bond acceptors (Lipinski definition) is 15. The molecule has 0 bridgehead atoms. The summed E-state index contributed by atoms with van der Waals surface area (Å²) in [6, 6.07) is 27.7. The molecular weight excluding hydrogens is 752 g/mol. The first-order valence-corrected chi connectivity index (χ1v) is 17.9. The third kappa shape index (κ3) is 13.1. The average molecular weight is 801 g/mol. The molecule has 5 rings (SSSR count). The van der Waals surface area contributed by atoms with Crippen molar-refractivity contribution in [1.82, 2.24) is 0 Å². The van der Waals surface area contributed by atoms with Crippen LogP contribution in [0.2, 0.25) is 0 Å². The van der Waals surface area contributed by atoms with Gasteiger partial charge in [-0.1, -0.05) is 98.1 Å². The van der Waals surface area contributed by atoms with Crippen molar-refractivity contribution in [3.05, 3.63) is 102 Å². The normalized spacial score (nSPS) is 26.9. The fourth-order valence-electron chi connectivity index (χ4n) is 5.65. The molecule has 2 amide bonds. The Labute approximate surface area is 328 Å². The van der Waals surface area contributed by atoms with Gasteiger partial charge in [0.15, 0.2) is 24.4 Å². The molecule has 304 valence electrons. The summed E-state index contributed by atoms with van der Waals surface area (Å²) in [5.41, 5.74) is 11.5. The lowest BCUT2D eigenvalue weighted by atomic mass is 9.97. The summed E-state index contributed by atoms with van der Waals surface area (Å²) in [6.45, 7) is 3.75. The molecule has 2 saturated heterocycles. The van der Waals surface area contributed by atoms with Gasteiger partial charge in [-0.3, -0.25) is 24.0 Å². The number of carbonyl (C=O) groups is 5. The monoisotopic (exact) mass is 800 g/mol. The SMILES string of the molecule is C.CC(=O)OC1[C@H](OC(C)=O)OC(C(N)=O)[C@@H](O)[C@H]1OCc1ccccc1.CC(=O)OC1[C@H](Sc2ccccc2)OC(C(N)=O)[C@@H](O)[C@H]1OCc1ccccc1. The summed E-state index contributed by atoms with van der Waals surface area (Å²) in [5.74, 6) is -3.76. The number of primary amides is 2. The summed E-state index contributed by atoms with van der Waals surface area (Å²) >= 11 is 1.26. The number of amides is 2. The van der Waals surface area contributed by atoms with E-state index in [1.54, 1.807) is 24.3 Å². The van der Waals surface area contributed by atoms with E-state index in [-0.39, 0.29) is 20.6 Å². The summed E-state index contributed by atoms with van der Waals surface area (Å²) < 4.78 is 38.1. The van der Waals surface area contributed by atoms with Gasteiger partial charge >= 0.3 is 17.9 Å². The lowest BCUT2D eigenvalue weighted by Gasteiger charge is -2.42. The van der Waals surface area contributed by atoms with Gasteiger partial charge in [-0.2, -0.15) is 0 Å². The number of ether oxygens (including phenoxy) is 7. The standard InChI is InChI=1S/C21H23NO6S.C17H21NO8.CH4/c1-13(23)27-19-17(26-12-14-8-4-2-5-9-14)16(24)18(20(22)25)28-21(19)29-15-10-6-3-7-11-15;1-9(19)24-15-13(23-8-11-6-4-3-5-7-11)12(21)14(16(18)22)26-17(15)25-10(2)20;/h2-11,16-19,21,24H,12H2,1H3,(H2,22,25);3-7,12-15,17,21H,8H2,1-2H3,(H2,18,22);1H4/t16-,17+,18?,19?,21-;12-,13+,14?,15?,17+;/m00./s1. The molecule has 0 aliphatic carbocycles. The van der Waals surface area contributed by atoms with Gasteiger partial charge in [0.2, 0.25) is 18.1 Å². The predicted octanol–water partition coefficient (Wildman–Crippen LogP) is 2.14. The second-order valence-corrected chi connectivity index (χ2v) is 13.5. The number of benzene rings is 3. The molecule has 6 N–H and O–H groups in total. The quantitative estimate of drug-likeness (QED) is 0.143. The molecule has 17 heteroatoms. The van der Waals surface area contributed by atoms with Crippen LogP contribution in [0, 0.1) is 0 Å². The van der Waals surface area contributed by atoms with E-state index in [1.807, 2.05) is 66.7 Å². The van der Waals surface area contributed by atoms with E-state index in [4.69, 9.17) is 44.6 Å². The molecule has 0 saturated carbocycles. The fraction of sp³-hybridized carbons (Fsp3) is 0.410. The highest BCUT2D eigenvalue weighted by atomic mass is 32.2. The molecule has 0 spiro atoms. The highest BCUT2D eigenvalue weighted by molar-refractivity contribution is 7.99. The summed E-state index contributed by atoms with van der Waals surface area (Å²) in [5, 5.41) is 21.1. The number of aliphatic hydroxyl groups excluding tert-OH is 2. The molecule has 2 heterocycles. The van der Waals surface area contributed by atoms with Crippen LogP contribution >= 0.6 is 11.8 Å². The highest BCUT2D eigenvalue weighted by Gasteiger charge is 2.52. The van der Waals surface area contributed by atoms with Crippen LogP contribution in [0.3, 0.4) is 0 Å². The summed E-state index contributed by atoms with van der Waals surface area (Å²) in [4.78, 5) is 58.8. The van der Waals surface area contributed by atoms with Crippen molar-refractivity contribution in [2.75, 3.05) is 0 Å². The Hall–Kier alpha value is -4.88. The molecule has 2 aliphatic heterocycles. The zero-order chi connectivity index (χ0) is 40.1. The lowest BCUT2D eigenvalue weighted by molar-refractivity contribution is -0.293. The number of carbonyl (C=O) groups excluding carboxylic acids is 5. The van der Waals surface area contributed by atoms with Gasteiger partial charge in [-0.15, -0.1) is 0 Å². The van der Waals surface area contributed by atoms with Crippen molar-refractivity contribution in [1.29, 1.82) is 0 Å². The molecule has 10 atom stereocenters. The molecule has 0 aromatic heterocycles. The van der Waals surface area contributed by atoms with E-state index in [0.29, 0.717) is 0 Å². The number of rotatable bonds is 13. The minimum Gasteiger partial charge on any atom is -0.456 e. The predicted molar refractivity (Wildman–Crippen MR) is 200 cm³/mol. The Morgan fingerprint density at radius 1 is 0.589 bits per heavy atom. The van der Waals surface area contributed by atoms with E-state index >= 15 is 0 Å². The first-order chi connectivity index (χ1) is 26.2. The van der Waals surface area contributed by atoms with Crippen LogP contribution in [0.1, 0.15) is 39.3 Å². The molecule has 3 aromatic carbocycles. The maximum absolute atomic E-state index is 11.9. The van der Waals surface area contributed by atoms with Crippen LogP contribution in [0.4, 0.5) is 0 Å². The van der Waals surface area contributed by atoms with Crippen LogP contribution in [-0.2, 0) is 70.3 Å². The first-order valence-electron chi connectivity index (χ1n) is 17.0. The number of nitrogens with two attached hydrogens (primary N) is 2. The Bertz CT molecular complexity index is 1720. The molecule has 3 aromatic rings. The van der Waals surface area contributed by atoms with Crippen LogP contribution in [0.25, 0.3) is 0 Å². The second-order valence-electron chi connectivity index (χ2n) is 12.3. The average Bonchev–Trinajstić information content (AvgIpc) is 3.14. The van der Waals surface area contributed by atoms with Crippen molar-refractivity contribution >= 4 is 41.5 Å². The van der Waals surface area contributed by atoms with Crippen molar-refractivity contribution in [2.45, 2.75) is 107 Å². The zero-order valence-corrected chi connectivity index (χ0v) is 31.0. The van der Waals surface area contributed by atoms with E-state index in [9.17, 15) is 34.2 Å². The minimum absolute atomic E-state index is 0. The topological polar surface area (TPSA) is 242 Å². The van der Waals surface area contributed by atoms with E-state index in [2.05, 4.69) is 0 Å². The Morgan fingerprint density at radius 2 is 0.982 bits per heavy atom. The Morgan fingerprint density at radius 3 is 1.41 bits per heavy atom. The third-order valence-electron chi connectivity index (χ3n) is 8.05. The van der Waals surface area contributed by atoms with Gasteiger partial charge < -0.3 is 54.8 Å². The van der Waals surface area contributed by atoms with Crippen LogP contribution in [0.5, 0.6) is 0 Å². The zero-order valence-electron chi connectivity index (χ0n) is 30.2. The van der Waals surface area contributed by atoms with E-state index in [1.165, 1.54) is 18.7 Å². The van der Waals surface area contributed by atoms with Crippen molar-refractivity contribution in [3.8, 4) is 0 Å². The van der Waals surface area contributed by atoms with Gasteiger partial charge in [0, 0.05) is 25.7 Å². The molecule has 4 unspecified atom stereocenters. The van der Waals surface area contributed by atoms with Crippen molar-refractivity contribution in [2.24, 2.45) is 11.5 Å². The van der Waals surface area contributed by atoms with E-state index < -0.39 is 90.3 Å². The largest absolute Gasteiger partial charge is 0.456 e. The Kier molecular flexibility index (Phi) is 17.9. The second kappa shape index (κ2) is 22.0. The van der Waals surface area contributed by atoms with Crippen LogP contribution in [-0.4, -0.2) is 100 Å². The third-order valence-corrected chi connectivity index (χ3v) is 9.21. The number of hydrogen-bond donors (Lipinski definition) is 4. The molecular formula is C39H48N2O14S. The minimum atomic E-state index is -1.52. The smallest absolute Gasteiger partial charge is 0.305 e. The highest BCUT2D eigenvalue weighted by Crippen LogP contribution is 2.36. The lowest BCUT2D eigenvalue weighted by Crippen LogP contribution is -2.63. The van der Waals surface area contributed by atoms with Crippen molar-refractivity contribution in [3.63, 3.8) is 0 Å². The van der Waals surface area contributed by atoms with Gasteiger partial charge in [0.1, 0.15) is 29.9 Å². The molecule has 0 radical (unpaired) electrons. The van der Waals surface area contributed by atoms with Gasteiger partial charge in [0.25, 0.3) is 0 Å². The maximum atomic E-state index is 11.9. The maximum Gasteiger partial charge on any atom is 0.305 e. The first kappa shape index (κ1) is 45.5. The van der Waals surface area contributed by atoms with Gasteiger partial charge in [-0.25, -0.2) is 0 Å². The van der Waals surface area contributed by atoms with Crippen LogP contribution in [0.15, 0.2) is 95.9 Å². The van der Waals surface area contributed by atoms with Gasteiger partial charge in [-0.05, 0) is 23.3 Å². The molecule has 2 fully saturated rings. The number of aliphatic hydroxyl groups is 2. The van der Waals surface area contributed by atoms with E-state index in [0.717, 1.165) is 29.9 Å². The molecule has 16 nitrogen and oxygen atoms in total. The van der Waals surface area contributed by atoms with Crippen LogP contribution < -0.4 is 11.5 Å². The van der Waals surface area contributed by atoms with Crippen molar-refractivity contribution < 1.29 is 67.3 Å².